The van der Waals surface area contributed by atoms with Gasteiger partial charge in [-0.3, -0.25) is 0 Å². The normalized spacial score (nSPS) is 14.0. The van der Waals surface area contributed by atoms with Crippen LogP contribution in [0.15, 0.2) is 219 Å². The zero-order valence-corrected chi connectivity index (χ0v) is 55.2. The summed E-state index contributed by atoms with van der Waals surface area (Å²) in [7, 11) is 0. The molecule has 0 atom stereocenters. The molecular weight excluding hydrogens is 1090 g/mol. The van der Waals surface area contributed by atoms with E-state index < -0.39 is 0 Å². The number of fused-ring (bicyclic) bond motifs is 4. The quantitative estimate of drug-likeness (QED) is 0.134. The number of rotatable bonds is 9. The first-order valence-corrected chi connectivity index (χ1v) is 32.6. The summed E-state index contributed by atoms with van der Waals surface area (Å²) in [5.41, 5.74) is 24.1. The molecule has 12 rings (SSSR count). The van der Waals surface area contributed by atoms with Crippen molar-refractivity contribution >= 4 is 75.1 Å². The van der Waals surface area contributed by atoms with Crippen LogP contribution < -0.4 is 26.2 Å². The van der Waals surface area contributed by atoms with Crippen molar-refractivity contribution in [2.24, 2.45) is 5.41 Å². The zero-order valence-electron chi connectivity index (χ0n) is 53.5. The van der Waals surface area contributed by atoms with Crippen LogP contribution >= 0.6 is 23.5 Å². The molecule has 87 heavy (non-hydrogen) atoms. The SMILES string of the molecule is CC(C)(C)C1=CC=C(N(c2ccc(C(C)(C)C)cc2)c2cc3c(cc2-c2c#cccc2)B2c4ccc(-c5cc(N(c6ccccc6)c6ccccc6)c(C(C)(C)C)cc5C#N)cc4Sc4cc(-c5ccc(C(C)(C)C)cc5C(C)(C)C)cc(c42)S3)CC1. The molecule has 0 N–H and O–H groups in total. The van der Waals surface area contributed by atoms with Crippen LogP contribution in [-0.2, 0) is 21.7 Å². The third-order valence-electron chi connectivity index (χ3n) is 17.8. The summed E-state index contributed by atoms with van der Waals surface area (Å²) in [4.78, 5) is 9.88. The molecule has 0 saturated carbocycles. The Morgan fingerprint density at radius 3 is 1.60 bits per heavy atom. The molecule has 2 heterocycles. The standard InChI is InChI=1S/C81H80BN3S2/c1-77(2,3)56-32-37-61(38-33-56)84(62-39-34-57(35-40-62)78(4,5)6)70-50-73-69(48-65(70)52-25-19-16-20-26-52)82-68-42-31-53(64-49-71(67(81(13,14)15)43-55(64)51-83)85(59-27-21-17-22-28-59)60-29-23-18-24-30-60)44-72(68)86-74-45-54(46-75(87-73)76(74)82)63-41-36-58(79(7,8)9)47-66(63)80(10,11)12/h16-19,21-25,27-34,36-39,41-50H,35,40H2,1-15H3. The van der Waals surface area contributed by atoms with Crippen molar-refractivity contribution < 1.29 is 0 Å². The van der Waals surface area contributed by atoms with Crippen LogP contribution in [0.2, 0.25) is 0 Å². The van der Waals surface area contributed by atoms with E-state index in [1.807, 2.05) is 29.6 Å². The number of hydrogen-bond donors (Lipinski definition) is 0. The Bertz CT molecular complexity index is 4190. The first kappa shape index (κ1) is 59.5. The van der Waals surface area contributed by atoms with Crippen molar-refractivity contribution in [2.75, 3.05) is 9.80 Å². The first-order chi connectivity index (χ1) is 41.2. The van der Waals surface area contributed by atoms with Gasteiger partial charge < -0.3 is 9.80 Å². The summed E-state index contributed by atoms with van der Waals surface area (Å²) in [5.74, 6) is 0. The van der Waals surface area contributed by atoms with Crippen molar-refractivity contribution in [2.45, 2.75) is 158 Å². The molecule has 3 nitrogen and oxygen atoms in total. The molecule has 6 heteroatoms. The van der Waals surface area contributed by atoms with E-state index in [1.54, 1.807) is 0 Å². The first-order valence-electron chi connectivity index (χ1n) is 30.9. The average molecular weight is 1170 g/mol. The highest BCUT2D eigenvalue weighted by atomic mass is 32.2. The maximum atomic E-state index is 11.2. The molecule has 0 unspecified atom stereocenters. The number of hydrogen-bond acceptors (Lipinski definition) is 5. The monoisotopic (exact) mass is 1170 g/mol. The Hall–Kier alpha value is -7.87. The highest BCUT2D eigenvalue weighted by Gasteiger charge is 2.41. The predicted molar refractivity (Wildman–Crippen MR) is 374 cm³/mol. The fourth-order valence-corrected chi connectivity index (χ4v) is 15.5. The average Bonchev–Trinajstić information content (AvgIpc) is 0.834. The van der Waals surface area contributed by atoms with Crippen molar-refractivity contribution in [1.29, 1.82) is 5.26 Å². The molecule has 1 aliphatic carbocycles. The second kappa shape index (κ2) is 22.4. The summed E-state index contributed by atoms with van der Waals surface area (Å²) in [6.07, 6.45) is 6.68. The minimum Gasteiger partial charge on any atom is -0.314 e. The highest BCUT2D eigenvalue weighted by molar-refractivity contribution is 8.01. The van der Waals surface area contributed by atoms with Gasteiger partial charge in [-0.1, -0.05) is 253 Å². The maximum Gasteiger partial charge on any atom is 0.247 e. The van der Waals surface area contributed by atoms with Gasteiger partial charge in [0, 0.05) is 59.0 Å². The van der Waals surface area contributed by atoms with E-state index in [0.717, 1.165) is 69.1 Å². The smallest absolute Gasteiger partial charge is 0.247 e. The van der Waals surface area contributed by atoms with Gasteiger partial charge in [0.2, 0.25) is 6.71 Å². The number of nitriles is 1. The molecule has 0 spiro atoms. The summed E-state index contributed by atoms with van der Waals surface area (Å²) >= 11 is 3.80. The molecular formula is C81H80BN3S2. The van der Waals surface area contributed by atoms with E-state index in [2.05, 4.69) is 314 Å². The Balaban J connectivity index is 1.11. The molecule has 9 aromatic carbocycles. The lowest BCUT2D eigenvalue weighted by Gasteiger charge is -2.37. The lowest BCUT2D eigenvalue weighted by molar-refractivity contribution is 0.479. The van der Waals surface area contributed by atoms with Gasteiger partial charge in [-0.15, -0.1) is 0 Å². The lowest BCUT2D eigenvalue weighted by atomic mass is 9.36. The largest absolute Gasteiger partial charge is 0.314 e. The molecule has 0 saturated heterocycles. The minimum absolute atomic E-state index is 0.00148. The third-order valence-corrected chi connectivity index (χ3v) is 20.1. The predicted octanol–water partition coefficient (Wildman–Crippen LogP) is 21.1. The van der Waals surface area contributed by atoms with E-state index in [-0.39, 0.29) is 33.8 Å². The van der Waals surface area contributed by atoms with Crippen LogP contribution in [0.5, 0.6) is 0 Å². The van der Waals surface area contributed by atoms with Gasteiger partial charge in [0.05, 0.1) is 23.0 Å². The summed E-state index contributed by atoms with van der Waals surface area (Å²) in [6.45, 7) is 34.5. The molecule has 434 valence electrons. The second-order valence-corrected chi connectivity index (χ2v) is 31.3. The van der Waals surface area contributed by atoms with Crippen LogP contribution in [0.4, 0.5) is 28.4 Å². The van der Waals surface area contributed by atoms with Crippen molar-refractivity contribution in [3.05, 3.63) is 239 Å². The van der Waals surface area contributed by atoms with Crippen LogP contribution in [0, 0.1) is 28.9 Å². The number of para-hydroxylation sites is 2. The van der Waals surface area contributed by atoms with E-state index in [4.69, 9.17) is 0 Å². The molecule has 3 aliphatic rings. The van der Waals surface area contributed by atoms with Crippen molar-refractivity contribution in [3.63, 3.8) is 0 Å². The van der Waals surface area contributed by atoms with E-state index >= 15 is 0 Å². The molecule has 0 radical (unpaired) electrons. The summed E-state index contributed by atoms with van der Waals surface area (Å²) in [5, 5.41) is 11.2. The van der Waals surface area contributed by atoms with Crippen LogP contribution in [0.3, 0.4) is 0 Å². The fourth-order valence-electron chi connectivity index (χ4n) is 12.9. The molecule has 0 bridgehead atoms. The van der Waals surface area contributed by atoms with E-state index in [0.29, 0.717) is 5.56 Å². The van der Waals surface area contributed by atoms with Crippen LogP contribution in [0.25, 0.3) is 33.4 Å². The number of anilines is 5. The third kappa shape index (κ3) is 11.5. The zero-order chi connectivity index (χ0) is 61.5. The van der Waals surface area contributed by atoms with Gasteiger partial charge in [0.25, 0.3) is 0 Å². The van der Waals surface area contributed by atoms with E-state index in [9.17, 15) is 5.26 Å². The van der Waals surface area contributed by atoms with E-state index in [1.165, 1.54) is 75.1 Å². The van der Waals surface area contributed by atoms with Gasteiger partial charge in [-0.25, -0.2) is 0 Å². The second-order valence-electron chi connectivity index (χ2n) is 29.2. The van der Waals surface area contributed by atoms with Crippen LogP contribution in [-0.4, -0.2) is 6.71 Å². The number of benzene rings is 8. The Morgan fingerprint density at radius 1 is 0.448 bits per heavy atom. The molecule has 9 aromatic rings. The Kier molecular flexibility index (Phi) is 15.3. The fraction of sp³-hybridized carbons (Fsp3) is 0.272. The van der Waals surface area contributed by atoms with Crippen molar-refractivity contribution in [3.8, 4) is 39.4 Å². The molecule has 0 fully saturated rings. The Morgan fingerprint density at radius 2 is 1.05 bits per heavy atom. The minimum atomic E-state index is -0.277. The molecule has 0 amide bonds. The lowest BCUT2D eigenvalue weighted by Crippen LogP contribution is -2.58. The molecule has 2 aliphatic heterocycles. The topological polar surface area (TPSA) is 30.3 Å². The Labute approximate surface area is 528 Å². The highest BCUT2D eigenvalue weighted by Crippen LogP contribution is 2.50. The van der Waals surface area contributed by atoms with Gasteiger partial charge in [0.1, 0.15) is 0 Å². The summed E-state index contributed by atoms with van der Waals surface area (Å²) in [6, 6.07) is 75.2. The number of nitrogens with zero attached hydrogens (tertiary/aromatic N) is 3. The van der Waals surface area contributed by atoms with Gasteiger partial charge >= 0.3 is 0 Å². The van der Waals surface area contributed by atoms with Crippen molar-refractivity contribution in [1.82, 2.24) is 0 Å². The van der Waals surface area contributed by atoms with Gasteiger partial charge in [0.15, 0.2) is 0 Å². The maximum absolute atomic E-state index is 11.2. The number of allylic oxidation sites excluding steroid dienone is 4. The molecule has 0 aromatic heterocycles. The van der Waals surface area contributed by atoms with Gasteiger partial charge in [-0.2, -0.15) is 5.26 Å². The van der Waals surface area contributed by atoms with Gasteiger partial charge in [-0.05, 0) is 175 Å². The summed E-state index contributed by atoms with van der Waals surface area (Å²) < 4.78 is 0. The van der Waals surface area contributed by atoms with Crippen LogP contribution in [0.1, 0.15) is 145 Å².